The standard InChI is InChI=1S/C16H24N2O3/c1-3-20-14-6-4-5-12(9-10-17)16(14)21-11-15(19)18(2)13-7-8-13/h4-6,13H,3,7-11,17H2,1-2H3. The van der Waals surface area contributed by atoms with Gasteiger partial charge in [-0.2, -0.15) is 0 Å². The van der Waals surface area contributed by atoms with Gasteiger partial charge in [-0.25, -0.2) is 0 Å². The van der Waals surface area contributed by atoms with Crippen molar-refractivity contribution in [2.24, 2.45) is 5.73 Å². The van der Waals surface area contributed by atoms with E-state index in [1.807, 2.05) is 32.2 Å². The molecule has 0 aliphatic heterocycles. The zero-order valence-corrected chi connectivity index (χ0v) is 12.8. The quantitative estimate of drug-likeness (QED) is 0.790. The van der Waals surface area contributed by atoms with Crippen LogP contribution in [0.1, 0.15) is 25.3 Å². The van der Waals surface area contributed by atoms with Crippen molar-refractivity contribution in [3.63, 3.8) is 0 Å². The molecular weight excluding hydrogens is 268 g/mol. The Kier molecular flexibility index (Phi) is 5.44. The van der Waals surface area contributed by atoms with Crippen LogP contribution in [0.2, 0.25) is 0 Å². The molecule has 2 rings (SSSR count). The van der Waals surface area contributed by atoms with Crippen LogP contribution in [-0.4, -0.2) is 43.7 Å². The fourth-order valence-electron chi connectivity index (χ4n) is 2.25. The average Bonchev–Trinajstić information content (AvgIpc) is 3.31. The van der Waals surface area contributed by atoms with Crippen LogP contribution < -0.4 is 15.2 Å². The maximum absolute atomic E-state index is 12.1. The molecule has 1 aliphatic carbocycles. The third-order valence-electron chi connectivity index (χ3n) is 3.60. The van der Waals surface area contributed by atoms with Gasteiger partial charge < -0.3 is 20.1 Å². The number of benzene rings is 1. The van der Waals surface area contributed by atoms with Crippen LogP contribution in [-0.2, 0) is 11.2 Å². The summed E-state index contributed by atoms with van der Waals surface area (Å²) < 4.78 is 11.3. The Labute approximate surface area is 126 Å². The molecule has 1 aromatic rings. The topological polar surface area (TPSA) is 64.8 Å². The van der Waals surface area contributed by atoms with Gasteiger partial charge in [0.05, 0.1) is 6.61 Å². The number of hydrogen-bond acceptors (Lipinski definition) is 4. The Hall–Kier alpha value is -1.75. The van der Waals surface area contributed by atoms with Crippen LogP contribution >= 0.6 is 0 Å². The Morgan fingerprint density at radius 2 is 2.14 bits per heavy atom. The number of carbonyl (C=O) groups excluding carboxylic acids is 1. The minimum atomic E-state index is 0.00231. The van der Waals surface area contributed by atoms with E-state index in [9.17, 15) is 4.79 Å². The lowest BCUT2D eigenvalue weighted by atomic mass is 10.1. The molecule has 0 saturated heterocycles. The Morgan fingerprint density at radius 3 is 2.76 bits per heavy atom. The molecule has 1 fully saturated rings. The number of amides is 1. The van der Waals surface area contributed by atoms with E-state index in [-0.39, 0.29) is 12.5 Å². The fourth-order valence-corrected chi connectivity index (χ4v) is 2.25. The number of nitrogens with zero attached hydrogens (tertiary/aromatic N) is 1. The van der Waals surface area contributed by atoms with Gasteiger partial charge in [0.1, 0.15) is 0 Å². The lowest BCUT2D eigenvalue weighted by Crippen LogP contribution is -2.33. The van der Waals surface area contributed by atoms with E-state index in [2.05, 4.69) is 0 Å². The summed E-state index contributed by atoms with van der Waals surface area (Å²) in [4.78, 5) is 13.8. The zero-order valence-electron chi connectivity index (χ0n) is 12.8. The van der Waals surface area contributed by atoms with Crippen molar-refractivity contribution in [1.29, 1.82) is 0 Å². The molecule has 0 unspecified atom stereocenters. The molecule has 21 heavy (non-hydrogen) atoms. The van der Waals surface area contributed by atoms with Crippen LogP contribution in [0.5, 0.6) is 11.5 Å². The van der Waals surface area contributed by atoms with Crippen molar-refractivity contribution in [2.45, 2.75) is 32.2 Å². The van der Waals surface area contributed by atoms with Crippen molar-refractivity contribution < 1.29 is 14.3 Å². The average molecular weight is 292 g/mol. The normalized spacial score (nSPS) is 13.9. The first kappa shape index (κ1) is 15.6. The molecule has 1 aromatic carbocycles. The van der Waals surface area contributed by atoms with Crippen molar-refractivity contribution in [2.75, 3.05) is 26.8 Å². The van der Waals surface area contributed by atoms with Gasteiger partial charge in [0, 0.05) is 13.1 Å². The lowest BCUT2D eigenvalue weighted by Gasteiger charge is -2.19. The predicted molar refractivity (Wildman–Crippen MR) is 81.7 cm³/mol. The largest absolute Gasteiger partial charge is 0.490 e. The number of carbonyl (C=O) groups is 1. The van der Waals surface area contributed by atoms with Crippen LogP contribution in [0.15, 0.2) is 18.2 Å². The first-order valence-corrected chi connectivity index (χ1v) is 7.50. The van der Waals surface area contributed by atoms with Gasteiger partial charge in [-0.3, -0.25) is 4.79 Å². The Bertz CT molecular complexity index is 462. The second-order valence-corrected chi connectivity index (χ2v) is 5.24. The third kappa shape index (κ3) is 4.11. The van der Waals surface area contributed by atoms with Gasteiger partial charge in [0.25, 0.3) is 5.91 Å². The minimum absolute atomic E-state index is 0.00231. The van der Waals surface area contributed by atoms with Crippen LogP contribution in [0.4, 0.5) is 0 Å². The van der Waals surface area contributed by atoms with E-state index in [4.69, 9.17) is 15.2 Å². The van der Waals surface area contributed by atoms with Crippen molar-refractivity contribution in [1.82, 2.24) is 4.90 Å². The second-order valence-electron chi connectivity index (χ2n) is 5.24. The predicted octanol–water partition coefficient (Wildman–Crippen LogP) is 1.59. The first-order chi connectivity index (χ1) is 10.2. The van der Waals surface area contributed by atoms with E-state index in [1.54, 1.807) is 4.90 Å². The highest BCUT2D eigenvalue weighted by atomic mass is 16.5. The van der Waals surface area contributed by atoms with Crippen LogP contribution in [0, 0.1) is 0 Å². The maximum atomic E-state index is 12.1. The van der Waals surface area contributed by atoms with E-state index in [0.29, 0.717) is 37.1 Å². The molecule has 2 N–H and O–H groups in total. The van der Waals surface area contributed by atoms with E-state index in [1.165, 1.54) is 0 Å². The number of ether oxygens (including phenoxy) is 2. The van der Waals surface area contributed by atoms with Gasteiger partial charge >= 0.3 is 0 Å². The summed E-state index contributed by atoms with van der Waals surface area (Å²) in [7, 11) is 1.83. The minimum Gasteiger partial charge on any atom is -0.490 e. The number of hydrogen-bond donors (Lipinski definition) is 1. The monoisotopic (exact) mass is 292 g/mol. The Balaban J connectivity index is 2.06. The number of likely N-dealkylation sites (N-methyl/N-ethyl adjacent to an activating group) is 1. The summed E-state index contributed by atoms with van der Waals surface area (Å²) in [6, 6.07) is 6.13. The zero-order chi connectivity index (χ0) is 15.2. The summed E-state index contributed by atoms with van der Waals surface area (Å²) in [6.07, 6.45) is 2.88. The molecule has 0 aromatic heterocycles. The van der Waals surface area contributed by atoms with Gasteiger partial charge in [-0.15, -0.1) is 0 Å². The van der Waals surface area contributed by atoms with Gasteiger partial charge in [0.15, 0.2) is 18.1 Å². The summed E-state index contributed by atoms with van der Waals surface area (Å²) in [5.41, 5.74) is 6.61. The highest BCUT2D eigenvalue weighted by Crippen LogP contribution is 2.32. The number of para-hydroxylation sites is 1. The summed E-state index contributed by atoms with van der Waals surface area (Å²) in [5.74, 6) is 1.31. The lowest BCUT2D eigenvalue weighted by molar-refractivity contribution is -0.132. The molecule has 1 amide bonds. The molecule has 0 bridgehead atoms. The van der Waals surface area contributed by atoms with Gasteiger partial charge in [-0.1, -0.05) is 12.1 Å². The van der Waals surface area contributed by atoms with Crippen molar-refractivity contribution in [3.05, 3.63) is 23.8 Å². The van der Waals surface area contributed by atoms with Gasteiger partial charge in [-0.05, 0) is 44.4 Å². The van der Waals surface area contributed by atoms with E-state index >= 15 is 0 Å². The fraction of sp³-hybridized carbons (Fsp3) is 0.562. The third-order valence-corrected chi connectivity index (χ3v) is 3.60. The molecule has 5 nitrogen and oxygen atoms in total. The summed E-state index contributed by atoms with van der Waals surface area (Å²) in [5, 5.41) is 0. The summed E-state index contributed by atoms with van der Waals surface area (Å²) >= 11 is 0. The SMILES string of the molecule is CCOc1cccc(CCN)c1OCC(=O)N(C)C1CC1. The number of rotatable bonds is 8. The van der Waals surface area contributed by atoms with E-state index in [0.717, 1.165) is 18.4 Å². The molecule has 0 radical (unpaired) electrons. The maximum Gasteiger partial charge on any atom is 0.260 e. The van der Waals surface area contributed by atoms with Crippen LogP contribution in [0.25, 0.3) is 0 Å². The van der Waals surface area contributed by atoms with E-state index < -0.39 is 0 Å². The van der Waals surface area contributed by atoms with Crippen molar-refractivity contribution in [3.8, 4) is 11.5 Å². The first-order valence-electron chi connectivity index (χ1n) is 7.50. The molecular formula is C16H24N2O3. The highest BCUT2D eigenvalue weighted by molar-refractivity contribution is 5.78. The molecule has 0 spiro atoms. The molecule has 0 atom stereocenters. The highest BCUT2D eigenvalue weighted by Gasteiger charge is 2.29. The molecule has 1 aliphatic rings. The van der Waals surface area contributed by atoms with Crippen LogP contribution in [0.3, 0.4) is 0 Å². The van der Waals surface area contributed by atoms with Gasteiger partial charge in [0.2, 0.25) is 0 Å². The molecule has 0 heterocycles. The second kappa shape index (κ2) is 7.31. The summed E-state index contributed by atoms with van der Waals surface area (Å²) in [6.45, 7) is 3.04. The molecule has 1 saturated carbocycles. The number of nitrogens with two attached hydrogens (primary N) is 1. The Morgan fingerprint density at radius 1 is 1.38 bits per heavy atom. The molecule has 5 heteroatoms. The smallest absolute Gasteiger partial charge is 0.260 e. The molecule has 116 valence electrons. The van der Waals surface area contributed by atoms with Crippen molar-refractivity contribution >= 4 is 5.91 Å².